The van der Waals surface area contributed by atoms with E-state index >= 15 is 0 Å². The maximum Gasteiger partial charge on any atom is 0.237 e. The quantitative estimate of drug-likeness (QED) is 0.392. The summed E-state index contributed by atoms with van der Waals surface area (Å²) in [5, 5.41) is 11.8. The van der Waals surface area contributed by atoms with Gasteiger partial charge in [-0.2, -0.15) is 0 Å². The number of nitrogens with one attached hydrogen (secondary N) is 1. The Morgan fingerprint density at radius 2 is 2.44 bits per heavy atom. The Hall–Kier alpha value is -0.610. The molecular formula is C5H10N2O2. The van der Waals surface area contributed by atoms with E-state index in [1.54, 1.807) is 0 Å². The molecule has 1 aliphatic rings. The van der Waals surface area contributed by atoms with Crippen LogP contribution in [0.3, 0.4) is 0 Å². The van der Waals surface area contributed by atoms with E-state index in [4.69, 9.17) is 10.8 Å². The minimum atomic E-state index is -0.581. The van der Waals surface area contributed by atoms with Crippen molar-refractivity contribution in [3.05, 3.63) is 0 Å². The number of carbonyl (C=O) groups is 1. The van der Waals surface area contributed by atoms with E-state index in [9.17, 15) is 4.79 Å². The van der Waals surface area contributed by atoms with Crippen molar-refractivity contribution >= 4 is 5.91 Å². The fourth-order valence-corrected chi connectivity index (χ4v) is 0.980. The molecule has 1 amide bonds. The first kappa shape index (κ1) is 6.51. The number of aliphatic hydroxyl groups is 1. The van der Waals surface area contributed by atoms with Crippen molar-refractivity contribution in [2.24, 2.45) is 5.73 Å². The fraction of sp³-hybridized carbons (Fsp3) is 0.800. The minimum Gasteiger partial charge on any atom is -0.391 e. The SMILES string of the molecule is NC(=O)[C@H]1NCC[C@H]1O. The maximum absolute atomic E-state index is 10.4. The summed E-state index contributed by atoms with van der Waals surface area (Å²) in [4.78, 5) is 10.4. The van der Waals surface area contributed by atoms with Gasteiger partial charge in [0.05, 0.1) is 6.10 Å². The molecule has 0 spiro atoms. The molecule has 0 unspecified atom stereocenters. The Balaban J connectivity index is 2.49. The molecule has 0 aliphatic carbocycles. The topological polar surface area (TPSA) is 75.4 Å². The number of carbonyl (C=O) groups excluding carboxylic acids is 1. The lowest BCUT2D eigenvalue weighted by Gasteiger charge is -2.08. The Morgan fingerprint density at radius 3 is 2.67 bits per heavy atom. The zero-order valence-electron chi connectivity index (χ0n) is 5.00. The van der Waals surface area contributed by atoms with Gasteiger partial charge in [-0.25, -0.2) is 0 Å². The summed E-state index contributed by atoms with van der Waals surface area (Å²) >= 11 is 0. The first-order valence-electron chi connectivity index (χ1n) is 2.92. The molecule has 1 fully saturated rings. The Kier molecular flexibility index (Phi) is 1.68. The summed E-state index contributed by atoms with van der Waals surface area (Å²) in [5.41, 5.74) is 4.93. The van der Waals surface area contributed by atoms with Crippen LogP contribution in [0.4, 0.5) is 0 Å². The fourth-order valence-electron chi connectivity index (χ4n) is 0.980. The summed E-state index contributed by atoms with van der Waals surface area (Å²) in [7, 11) is 0. The van der Waals surface area contributed by atoms with E-state index in [-0.39, 0.29) is 0 Å². The molecule has 52 valence electrons. The van der Waals surface area contributed by atoms with Crippen LogP contribution in [0.1, 0.15) is 6.42 Å². The molecule has 0 saturated carbocycles. The normalized spacial score (nSPS) is 34.8. The molecule has 2 atom stereocenters. The molecule has 9 heavy (non-hydrogen) atoms. The van der Waals surface area contributed by atoms with Crippen molar-refractivity contribution in [3.63, 3.8) is 0 Å². The van der Waals surface area contributed by atoms with Gasteiger partial charge in [-0.05, 0) is 13.0 Å². The van der Waals surface area contributed by atoms with Gasteiger partial charge in [0.1, 0.15) is 6.04 Å². The monoisotopic (exact) mass is 130 g/mol. The van der Waals surface area contributed by atoms with Crippen LogP contribution in [0.15, 0.2) is 0 Å². The Bertz CT molecular complexity index is 126. The van der Waals surface area contributed by atoms with Crippen LogP contribution in [0.5, 0.6) is 0 Å². The number of primary amides is 1. The van der Waals surface area contributed by atoms with E-state index in [0.29, 0.717) is 13.0 Å². The molecule has 0 aromatic carbocycles. The second-order valence-corrected chi connectivity index (χ2v) is 2.19. The van der Waals surface area contributed by atoms with Gasteiger partial charge in [0, 0.05) is 0 Å². The van der Waals surface area contributed by atoms with E-state index in [1.807, 2.05) is 0 Å². The second-order valence-electron chi connectivity index (χ2n) is 2.19. The van der Waals surface area contributed by atoms with Crippen molar-refractivity contribution < 1.29 is 9.90 Å². The average molecular weight is 130 g/mol. The van der Waals surface area contributed by atoms with Crippen molar-refractivity contribution in [1.82, 2.24) is 5.32 Å². The predicted octanol–water partition coefficient (Wildman–Crippen LogP) is -1.81. The highest BCUT2D eigenvalue weighted by Crippen LogP contribution is 2.04. The van der Waals surface area contributed by atoms with E-state index in [1.165, 1.54) is 0 Å². The van der Waals surface area contributed by atoms with Crippen LogP contribution in [-0.2, 0) is 4.79 Å². The zero-order chi connectivity index (χ0) is 6.85. The molecule has 0 radical (unpaired) electrons. The van der Waals surface area contributed by atoms with E-state index < -0.39 is 18.1 Å². The summed E-state index contributed by atoms with van der Waals surface area (Å²) < 4.78 is 0. The lowest BCUT2D eigenvalue weighted by atomic mass is 10.2. The lowest BCUT2D eigenvalue weighted by molar-refractivity contribution is -0.121. The molecule has 4 heteroatoms. The van der Waals surface area contributed by atoms with Crippen LogP contribution in [0.2, 0.25) is 0 Å². The van der Waals surface area contributed by atoms with Gasteiger partial charge in [0.25, 0.3) is 0 Å². The third kappa shape index (κ3) is 1.20. The molecule has 0 aromatic heterocycles. The van der Waals surface area contributed by atoms with E-state index in [2.05, 4.69) is 5.32 Å². The van der Waals surface area contributed by atoms with Gasteiger partial charge in [-0.15, -0.1) is 0 Å². The van der Waals surface area contributed by atoms with Crippen LogP contribution < -0.4 is 11.1 Å². The highest BCUT2D eigenvalue weighted by atomic mass is 16.3. The maximum atomic E-state index is 10.4. The first-order valence-corrected chi connectivity index (χ1v) is 2.92. The van der Waals surface area contributed by atoms with Crippen molar-refractivity contribution in [2.75, 3.05) is 6.54 Å². The molecule has 4 nitrogen and oxygen atoms in total. The van der Waals surface area contributed by atoms with Crippen LogP contribution in [0, 0.1) is 0 Å². The molecular weight excluding hydrogens is 120 g/mol. The van der Waals surface area contributed by atoms with E-state index in [0.717, 1.165) is 0 Å². The summed E-state index contributed by atoms with van der Waals surface area (Å²) in [6.45, 7) is 0.675. The van der Waals surface area contributed by atoms with Crippen molar-refractivity contribution in [1.29, 1.82) is 0 Å². The first-order chi connectivity index (χ1) is 4.22. The summed E-state index contributed by atoms with van der Waals surface area (Å²) in [6.07, 6.45) is 0.0376. The number of amides is 1. The van der Waals surface area contributed by atoms with Crippen LogP contribution in [0.25, 0.3) is 0 Å². The van der Waals surface area contributed by atoms with Gasteiger partial charge in [0.15, 0.2) is 0 Å². The molecule has 1 saturated heterocycles. The van der Waals surface area contributed by atoms with Gasteiger partial charge in [-0.3, -0.25) is 4.79 Å². The number of nitrogens with two attached hydrogens (primary N) is 1. The standard InChI is InChI=1S/C5H10N2O2/c6-5(9)4-3(8)1-2-7-4/h3-4,7-8H,1-2H2,(H2,6,9)/t3-,4+/m1/s1. The molecule has 1 aliphatic heterocycles. The Morgan fingerprint density at radius 1 is 1.78 bits per heavy atom. The number of rotatable bonds is 1. The van der Waals surface area contributed by atoms with Gasteiger partial charge < -0.3 is 16.2 Å². The zero-order valence-corrected chi connectivity index (χ0v) is 5.00. The van der Waals surface area contributed by atoms with Gasteiger partial charge in [-0.1, -0.05) is 0 Å². The predicted molar refractivity (Wildman–Crippen MR) is 31.6 cm³/mol. The highest BCUT2D eigenvalue weighted by Gasteiger charge is 2.28. The summed E-state index contributed by atoms with van der Waals surface area (Å²) in [6, 6.07) is -0.523. The van der Waals surface area contributed by atoms with Gasteiger partial charge in [0.2, 0.25) is 5.91 Å². The molecule has 1 heterocycles. The third-order valence-electron chi connectivity index (χ3n) is 1.50. The summed E-state index contributed by atoms with van der Waals surface area (Å²) in [5.74, 6) is -0.472. The largest absolute Gasteiger partial charge is 0.391 e. The van der Waals surface area contributed by atoms with Gasteiger partial charge >= 0.3 is 0 Å². The van der Waals surface area contributed by atoms with Crippen LogP contribution in [-0.4, -0.2) is 29.7 Å². The van der Waals surface area contributed by atoms with Crippen molar-refractivity contribution in [3.8, 4) is 0 Å². The molecule has 0 bridgehead atoms. The number of aliphatic hydroxyl groups excluding tert-OH is 1. The van der Waals surface area contributed by atoms with Crippen molar-refractivity contribution in [2.45, 2.75) is 18.6 Å². The van der Waals surface area contributed by atoms with Crippen LogP contribution >= 0.6 is 0 Å². The second kappa shape index (κ2) is 2.33. The Labute approximate surface area is 53.0 Å². The third-order valence-corrected chi connectivity index (χ3v) is 1.50. The number of hydrogen-bond donors (Lipinski definition) is 3. The average Bonchev–Trinajstić information content (AvgIpc) is 2.13. The molecule has 0 aromatic rings. The lowest BCUT2D eigenvalue weighted by Crippen LogP contribution is -2.42. The molecule has 1 rings (SSSR count). The number of hydrogen-bond acceptors (Lipinski definition) is 3. The minimum absolute atomic E-state index is 0.472. The smallest absolute Gasteiger partial charge is 0.237 e. The molecule has 4 N–H and O–H groups in total. The highest BCUT2D eigenvalue weighted by molar-refractivity contribution is 5.80.